The Morgan fingerprint density at radius 1 is 0.933 bits per heavy atom. The minimum atomic E-state index is 0.158. The highest BCUT2D eigenvalue weighted by atomic mass is 16.5. The molecule has 3 aromatic carbocycles. The van der Waals surface area contributed by atoms with E-state index in [0.29, 0.717) is 0 Å². The predicted octanol–water partition coefficient (Wildman–Crippen LogP) is 4.63. The first-order valence-electron chi connectivity index (χ1n) is 9.61. The summed E-state index contributed by atoms with van der Waals surface area (Å²) in [7, 11) is 1.66. The number of methoxy groups -OCH3 is 1. The third kappa shape index (κ3) is 3.16. The van der Waals surface area contributed by atoms with Crippen LogP contribution >= 0.6 is 0 Å². The second-order valence-electron chi connectivity index (χ2n) is 7.01. The molecule has 0 bridgehead atoms. The quantitative estimate of drug-likeness (QED) is 0.531. The number of aromatic nitrogens is 1. The molecule has 0 spiro atoms. The van der Waals surface area contributed by atoms with Gasteiger partial charge < -0.3 is 14.8 Å². The third-order valence-corrected chi connectivity index (χ3v) is 5.16. The molecule has 5 rings (SSSR count). The second-order valence-corrected chi connectivity index (χ2v) is 7.01. The van der Waals surface area contributed by atoms with Crippen LogP contribution in [0, 0.1) is 0 Å². The van der Waals surface area contributed by atoms with Crippen molar-refractivity contribution in [2.24, 2.45) is 10.2 Å². The van der Waals surface area contributed by atoms with E-state index >= 15 is 0 Å². The highest BCUT2D eigenvalue weighted by Gasteiger charge is 2.09. The molecule has 1 aliphatic rings. The zero-order chi connectivity index (χ0) is 20.5. The summed E-state index contributed by atoms with van der Waals surface area (Å²) in [4.78, 5) is 3.01. The maximum Gasteiger partial charge on any atom is 0.196 e. The van der Waals surface area contributed by atoms with Crippen molar-refractivity contribution in [1.82, 2.24) is 4.98 Å². The summed E-state index contributed by atoms with van der Waals surface area (Å²) < 4.78 is 5.39. The number of nitrogens with one attached hydrogen (secondary N) is 1. The molecule has 0 radical (unpaired) electrons. The van der Waals surface area contributed by atoms with Crippen molar-refractivity contribution in [2.45, 2.75) is 0 Å². The van der Waals surface area contributed by atoms with E-state index in [-0.39, 0.29) is 5.88 Å². The molecule has 2 heterocycles. The summed E-state index contributed by atoms with van der Waals surface area (Å²) in [5, 5.41) is 21.8. The van der Waals surface area contributed by atoms with Crippen LogP contribution in [0.3, 0.4) is 0 Å². The second kappa shape index (κ2) is 7.37. The number of ether oxygens (including phenoxy) is 1. The molecular formula is C25H19N3O2. The van der Waals surface area contributed by atoms with Gasteiger partial charge in [-0.25, -0.2) is 0 Å². The molecule has 146 valence electrons. The molecule has 1 aliphatic heterocycles. The predicted molar refractivity (Wildman–Crippen MR) is 119 cm³/mol. The minimum Gasteiger partial charge on any atom is -0.496 e. The van der Waals surface area contributed by atoms with Gasteiger partial charge in [-0.15, -0.1) is 10.2 Å². The molecule has 0 saturated heterocycles. The van der Waals surface area contributed by atoms with Gasteiger partial charge in [0.15, 0.2) is 5.88 Å². The summed E-state index contributed by atoms with van der Waals surface area (Å²) in [6.45, 7) is 0. The largest absolute Gasteiger partial charge is 0.496 e. The molecule has 0 saturated carbocycles. The van der Waals surface area contributed by atoms with Gasteiger partial charge in [-0.3, -0.25) is 0 Å². The Balaban J connectivity index is 1.54. The summed E-state index contributed by atoms with van der Waals surface area (Å²) in [5.74, 6) is 0.971. The van der Waals surface area contributed by atoms with Crippen molar-refractivity contribution < 1.29 is 9.84 Å². The van der Waals surface area contributed by atoms with E-state index in [4.69, 9.17) is 4.74 Å². The van der Waals surface area contributed by atoms with Crippen LogP contribution in [0.15, 0.2) is 83.0 Å². The molecule has 4 aromatic rings. The molecule has 0 amide bonds. The van der Waals surface area contributed by atoms with Crippen molar-refractivity contribution in [3.8, 4) is 11.6 Å². The number of aromatic amines is 1. The number of rotatable bonds is 4. The van der Waals surface area contributed by atoms with Gasteiger partial charge in [0.05, 0.1) is 18.5 Å². The van der Waals surface area contributed by atoms with Gasteiger partial charge in [-0.05, 0) is 47.7 Å². The number of benzene rings is 3. The Morgan fingerprint density at radius 3 is 2.67 bits per heavy atom. The number of aromatic hydroxyl groups is 1. The lowest BCUT2D eigenvalue weighted by Gasteiger charge is -2.02. The van der Waals surface area contributed by atoms with Crippen LogP contribution in [0.2, 0.25) is 0 Å². The number of azo groups is 1. The Hall–Kier alpha value is -4.12. The highest BCUT2D eigenvalue weighted by Crippen LogP contribution is 2.27. The van der Waals surface area contributed by atoms with Crippen molar-refractivity contribution in [3.63, 3.8) is 0 Å². The van der Waals surface area contributed by atoms with E-state index in [0.717, 1.165) is 49.6 Å². The van der Waals surface area contributed by atoms with Crippen LogP contribution in [0.25, 0.3) is 28.8 Å². The number of hydrogen-bond donors (Lipinski definition) is 2. The Kier molecular flexibility index (Phi) is 4.41. The number of hydrogen-bond acceptors (Lipinski definition) is 4. The number of H-pyrrole nitrogens is 1. The fourth-order valence-electron chi connectivity index (χ4n) is 3.66. The first-order chi connectivity index (χ1) is 14.7. The first-order valence-corrected chi connectivity index (χ1v) is 9.61. The van der Waals surface area contributed by atoms with Gasteiger partial charge in [0.25, 0.3) is 0 Å². The molecule has 5 heteroatoms. The molecule has 0 fully saturated rings. The molecule has 5 nitrogen and oxygen atoms in total. The van der Waals surface area contributed by atoms with Crippen molar-refractivity contribution in [3.05, 3.63) is 94.4 Å². The van der Waals surface area contributed by atoms with E-state index in [1.807, 2.05) is 85.0 Å². The molecule has 1 aromatic heterocycles. The molecule has 2 N–H and O–H groups in total. The van der Waals surface area contributed by atoms with E-state index in [9.17, 15) is 5.11 Å². The third-order valence-electron chi connectivity index (χ3n) is 5.16. The smallest absolute Gasteiger partial charge is 0.196 e. The van der Waals surface area contributed by atoms with E-state index < -0.39 is 0 Å². The van der Waals surface area contributed by atoms with E-state index in [1.165, 1.54) is 0 Å². The van der Waals surface area contributed by atoms with Crippen LogP contribution in [0.4, 0.5) is 5.69 Å². The van der Waals surface area contributed by atoms with Crippen LogP contribution in [0.5, 0.6) is 11.6 Å². The molecule has 0 unspecified atom stereocenters. The number of para-hydroxylation sites is 2. The number of fused-ring (bicyclic) bond motifs is 2. The zero-order valence-electron chi connectivity index (χ0n) is 16.3. The monoisotopic (exact) mass is 393 g/mol. The highest BCUT2D eigenvalue weighted by molar-refractivity contribution is 5.91. The van der Waals surface area contributed by atoms with Gasteiger partial charge in [0, 0.05) is 27.2 Å². The summed E-state index contributed by atoms with van der Waals surface area (Å²) >= 11 is 0. The average molecular weight is 393 g/mol. The molecule has 0 aliphatic carbocycles. The van der Waals surface area contributed by atoms with Gasteiger partial charge in [0.1, 0.15) is 5.75 Å². The van der Waals surface area contributed by atoms with Gasteiger partial charge in [0.2, 0.25) is 0 Å². The molecule has 30 heavy (non-hydrogen) atoms. The first kappa shape index (κ1) is 17.9. The van der Waals surface area contributed by atoms with Gasteiger partial charge >= 0.3 is 0 Å². The number of nitrogens with zero attached hydrogens (tertiary/aromatic N) is 2. The molecular weight excluding hydrogens is 374 g/mol. The lowest BCUT2D eigenvalue weighted by molar-refractivity contribution is 0.414. The summed E-state index contributed by atoms with van der Waals surface area (Å²) in [5.41, 5.74) is 4.26. The van der Waals surface area contributed by atoms with E-state index in [2.05, 4.69) is 15.2 Å². The van der Waals surface area contributed by atoms with Crippen LogP contribution in [0.1, 0.15) is 11.1 Å². The fourth-order valence-corrected chi connectivity index (χ4v) is 3.66. The van der Waals surface area contributed by atoms with Crippen LogP contribution < -0.4 is 15.2 Å². The fraction of sp³-hybridized carbons (Fsp3) is 0.0400. The van der Waals surface area contributed by atoms with Crippen molar-refractivity contribution in [2.75, 3.05) is 7.11 Å². The SMILES string of the molecule is COc1ccccc1C=CC1=c2ccc(=Cc3c(O)[nH]c4ccccc34)cc2N=N1. The van der Waals surface area contributed by atoms with Crippen molar-refractivity contribution in [1.29, 1.82) is 0 Å². The Labute approximate surface area is 173 Å². The summed E-state index contributed by atoms with van der Waals surface area (Å²) in [6, 6.07) is 21.7. The average Bonchev–Trinajstić information content (AvgIpc) is 3.32. The Bertz CT molecular complexity index is 1450. The van der Waals surface area contributed by atoms with Gasteiger partial charge in [-0.2, -0.15) is 0 Å². The van der Waals surface area contributed by atoms with E-state index in [1.54, 1.807) is 7.11 Å². The Morgan fingerprint density at radius 2 is 1.77 bits per heavy atom. The summed E-state index contributed by atoms with van der Waals surface area (Å²) in [6.07, 6.45) is 5.88. The lowest BCUT2D eigenvalue weighted by atomic mass is 10.1. The topological polar surface area (TPSA) is 70.0 Å². The lowest BCUT2D eigenvalue weighted by Crippen LogP contribution is -2.08. The zero-order valence-corrected chi connectivity index (χ0v) is 16.3. The molecule has 0 atom stereocenters. The van der Waals surface area contributed by atoms with Crippen LogP contribution in [-0.4, -0.2) is 17.2 Å². The normalized spacial score (nSPS) is 13.5. The van der Waals surface area contributed by atoms with Gasteiger partial charge in [-0.1, -0.05) is 42.5 Å². The minimum absolute atomic E-state index is 0.158. The van der Waals surface area contributed by atoms with Crippen molar-refractivity contribution >= 4 is 34.4 Å². The maximum atomic E-state index is 10.3. The van der Waals surface area contributed by atoms with Crippen LogP contribution in [-0.2, 0) is 0 Å². The maximum absolute atomic E-state index is 10.3. The standard InChI is InChI=1S/C25H19N3O2/c1-30-24-9-5-2-6-17(24)11-13-22-19-12-10-16(15-23(19)28-27-22)14-20-18-7-3-4-8-21(18)26-25(20)29/h2-15,26,29H,1H3.